The second-order valence-electron chi connectivity index (χ2n) is 5.80. The third-order valence-electron chi connectivity index (χ3n) is 4.20. The SMILES string of the molecule is CCCCCC1=C[C@H](O)C(C/C=C(\C)CC)C(O)=C1C=O. The third-order valence-corrected chi connectivity index (χ3v) is 4.20. The summed E-state index contributed by atoms with van der Waals surface area (Å²) in [6.45, 7) is 6.22. The first-order valence-corrected chi connectivity index (χ1v) is 7.98. The Labute approximate surface area is 128 Å². The molecule has 3 heteroatoms. The minimum Gasteiger partial charge on any atom is -0.511 e. The van der Waals surface area contributed by atoms with Crippen LogP contribution in [-0.4, -0.2) is 22.6 Å². The molecule has 0 saturated carbocycles. The zero-order valence-electron chi connectivity index (χ0n) is 13.4. The van der Waals surface area contributed by atoms with E-state index in [1.54, 1.807) is 6.08 Å². The Morgan fingerprint density at radius 1 is 1.33 bits per heavy atom. The van der Waals surface area contributed by atoms with Gasteiger partial charge in [-0.2, -0.15) is 0 Å². The Morgan fingerprint density at radius 3 is 2.62 bits per heavy atom. The average molecular weight is 292 g/mol. The number of rotatable bonds is 8. The number of hydrogen-bond donors (Lipinski definition) is 2. The van der Waals surface area contributed by atoms with E-state index in [4.69, 9.17) is 0 Å². The fourth-order valence-electron chi connectivity index (χ4n) is 2.58. The van der Waals surface area contributed by atoms with Crippen LogP contribution in [0.1, 0.15) is 59.3 Å². The van der Waals surface area contributed by atoms with Gasteiger partial charge in [0.25, 0.3) is 0 Å². The van der Waals surface area contributed by atoms with Crippen molar-refractivity contribution in [2.24, 2.45) is 5.92 Å². The van der Waals surface area contributed by atoms with Crippen LogP contribution in [0.2, 0.25) is 0 Å². The highest BCUT2D eigenvalue weighted by Gasteiger charge is 2.29. The van der Waals surface area contributed by atoms with E-state index in [0.717, 1.165) is 44.0 Å². The van der Waals surface area contributed by atoms with Crippen LogP contribution in [0, 0.1) is 5.92 Å². The largest absolute Gasteiger partial charge is 0.511 e. The quantitative estimate of drug-likeness (QED) is 0.399. The van der Waals surface area contributed by atoms with Crippen molar-refractivity contribution in [3.05, 3.63) is 34.6 Å². The third kappa shape index (κ3) is 4.85. The molecule has 3 nitrogen and oxygen atoms in total. The van der Waals surface area contributed by atoms with Crippen molar-refractivity contribution in [2.75, 3.05) is 0 Å². The first-order chi connectivity index (χ1) is 10.0. The molecule has 2 N–H and O–H groups in total. The topological polar surface area (TPSA) is 57.5 Å². The van der Waals surface area contributed by atoms with Gasteiger partial charge in [0.05, 0.1) is 17.6 Å². The van der Waals surface area contributed by atoms with Crippen molar-refractivity contribution in [3.63, 3.8) is 0 Å². The van der Waals surface area contributed by atoms with Crippen molar-refractivity contribution in [2.45, 2.75) is 65.4 Å². The molecule has 0 radical (unpaired) electrons. The molecule has 2 atom stereocenters. The number of hydrogen-bond acceptors (Lipinski definition) is 3. The molecule has 1 aliphatic carbocycles. The summed E-state index contributed by atoms with van der Waals surface area (Å²) >= 11 is 0. The lowest BCUT2D eigenvalue weighted by Crippen LogP contribution is -2.26. The van der Waals surface area contributed by atoms with Crippen LogP contribution in [0.25, 0.3) is 0 Å². The summed E-state index contributed by atoms with van der Waals surface area (Å²) in [6, 6.07) is 0. The fraction of sp³-hybridized carbons (Fsp3) is 0.611. The van der Waals surface area contributed by atoms with E-state index >= 15 is 0 Å². The molecule has 0 bridgehead atoms. The predicted molar refractivity (Wildman–Crippen MR) is 86.1 cm³/mol. The molecule has 1 unspecified atom stereocenters. The maximum Gasteiger partial charge on any atom is 0.153 e. The highest BCUT2D eigenvalue weighted by Crippen LogP contribution is 2.33. The van der Waals surface area contributed by atoms with Crippen LogP contribution < -0.4 is 0 Å². The normalized spacial score (nSPS) is 23.2. The second-order valence-corrected chi connectivity index (χ2v) is 5.80. The molecular weight excluding hydrogens is 264 g/mol. The van der Waals surface area contributed by atoms with Crippen LogP contribution in [-0.2, 0) is 4.79 Å². The summed E-state index contributed by atoms with van der Waals surface area (Å²) in [5, 5.41) is 20.6. The lowest BCUT2D eigenvalue weighted by molar-refractivity contribution is -0.105. The number of aliphatic hydroxyl groups is 2. The van der Waals surface area contributed by atoms with E-state index in [2.05, 4.69) is 13.8 Å². The number of aldehydes is 1. The van der Waals surface area contributed by atoms with Gasteiger partial charge in [0, 0.05) is 0 Å². The van der Waals surface area contributed by atoms with Crippen LogP contribution in [0.4, 0.5) is 0 Å². The van der Waals surface area contributed by atoms with Gasteiger partial charge in [-0.1, -0.05) is 44.4 Å². The number of allylic oxidation sites excluding steroid dienone is 4. The molecule has 0 aliphatic heterocycles. The molecule has 0 aromatic rings. The van der Waals surface area contributed by atoms with Gasteiger partial charge in [0.1, 0.15) is 5.76 Å². The minimum absolute atomic E-state index is 0.0478. The smallest absolute Gasteiger partial charge is 0.153 e. The van der Waals surface area contributed by atoms with Gasteiger partial charge in [-0.3, -0.25) is 4.79 Å². The predicted octanol–water partition coefficient (Wildman–Crippen LogP) is 4.24. The number of unbranched alkanes of at least 4 members (excludes halogenated alkanes) is 2. The molecule has 0 aromatic carbocycles. The first-order valence-electron chi connectivity index (χ1n) is 7.98. The van der Waals surface area contributed by atoms with Crippen molar-refractivity contribution in [1.29, 1.82) is 0 Å². The molecule has 118 valence electrons. The minimum atomic E-state index is -0.716. The number of aliphatic hydroxyl groups excluding tert-OH is 2. The number of carbonyl (C=O) groups is 1. The average Bonchev–Trinajstić information content (AvgIpc) is 2.47. The standard InChI is InChI=1S/C18H28O3/c1-4-6-7-8-14-11-17(20)15(10-9-13(3)5-2)18(21)16(14)12-19/h9,11-12,15,17,20-21H,4-8,10H2,1-3H3/b13-9+/t15?,17-/m0/s1. The molecule has 0 fully saturated rings. The number of carbonyl (C=O) groups excluding carboxylic acids is 1. The van der Waals surface area contributed by atoms with Crippen molar-refractivity contribution in [3.8, 4) is 0 Å². The van der Waals surface area contributed by atoms with Crippen molar-refractivity contribution >= 4 is 6.29 Å². The first kappa shape index (κ1) is 17.7. The molecule has 21 heavy (non-hydrogen) atoms. The molecular formula is C18H28O3. The zero-order valence-corrected chi connectivity index (χ0v) is 13.4. The molecule has 0 spiro atoms. The van der Waals surface area contributed by atoms with E-state index in [1.165, 1.54) is 5.57 Å². The molecule has 1 rings (SSSR count). The van der Waals surface area contributed by atoms with Gasteiger partial charge in [0.2, 0.25) is 0 Å². The summed E-state index contributed by atoms with van der Waals surface area (Å²) in [5.41, 5.74) is 2.39. The monoisotopic (exact) mass is 292 g/mol. The second kappa shape index (κ2) is 8.83. The highest BCUT2D eigenvalue weighted by atomic mass is 16.3. The van der Waals surface area contributed by atoms with E-state index in [-0.39, 0.29) is 5.76 Å². The Hall–Kier alpha value is -1.35. The van der Waals surface area contributed by atoms with E-state index in [9.17, 15) is 15.0 Å². The summed E-state index contributed by atoms with van der Waals surface area (Å²) in [7, 11) is 0. The maximum atomic E-state index is 11.3. The summed E-state index contributed by atoms with van der Waals surface area (Å²) in [6.07, 6.45) is 9.19. The molecule has 0 amide bonds. The van der Waals surface area contributed by atoms with Crippen LogP contribution >= 0.6 is 0 Å². The molecule has 1 aliphatic rings. The Bertz CT molecular complexity index is 443. The Morgan fingerprint density at radius 2 is 2.05 bits per heavy atom. The summed E-state index contributed by atoms with van der Waals surface area (Å²) in [5.74, 6) is -0.353. The van der Waals surface area contributed by atoms with Crippen LogP contribution in [0.5, 0.6) is 0 Å². The van der Waals surface area contributed by atoms with Crippen molar-refractivity contribution < 1.29 is 15.0 Å². The zero-order chi connectivity index (χ0) is 15.8. The molecule has 0 aromatic heterocycles. The van der Waals surface area contributed by atoms with Crippen LogP contribution in [0.15, 0.2) is 34.6 Å². The Kier molecular flexibility index (Phi) is 7.44. The summed E-state index contributed by atoms with van der Waals surface area (Å²) in [4.78, 5) is 11.3. The van der Waals surface area contributed by atoms with Gasteiger partial charge in [-0.15, -0.1) is 0 Å². The highest BCUT2D eigenvalue weighted by molar-refractivity contribution is 5.81. The lowest BCUT2D eigenvalue weighted by atomic mass is 9.83. The molecule has 0 saturated heterocycles. The summed E-state index contributed by atoms with van der Waals surface area (Å²) < 4.78 is 0. The van der Waals surface area contributed by atoms with Gasteiger partial charge in [0.15, 0.2) is 6.29 Å². The van der Waals surface area contributed by atoms with Crippen LogP contribution in [0.3, 0.4) is 0 Å². The van der Waals surface area contributed by atoms with Gasteiger partial charge in [-0.25, -0.2) is 0 Å². The van der Waals surface area contributed by atoms with E-state index < -0.39 is 12.0 Å². The molecule has 0 heterocycles. The lowest BCUT2D eigenvalue weighted by Gasteiger charge is -2.27. The van der Waals surface area contributed by atoms with E-state index in [1.807, 2.05) is 13.0 Å². The Balaban J connectivity index is 2.88. The van der Waals surface area contributed by atoms with Gasteiger partial charge >= 0.3 is 0 Å². The maximum absolute atomic E-state index is 11.3. The van der Waals surface area contributed by atoms with Gasteiger partial charge in [-0.05, 0) is 38.2 Å². The van der Waals surface area contributed by atoms with Crippen molar-refractivity contribution in [1.82, 2.24) is 0 Å². The van der Waals surface area contributed by atoms with E-state index in [0.29, 0.717) is 12.0 Å². The van der Waals surface area contributed by atoms with Gasteiger partial charge < -0.3 is 10.2 Å². The fourth-order valence-corrected chi connectivity index (χ4v) is 2.58.